The Morgan fingerprint density at radius 1 is 0.833 bits per heavy atom. The van der Waals surface area contributed by atoms with Gasteiger partial charge in [0.15, 0.2) is 6.29 Å². The second-order valence-electron chi connectivity index (χ2n) is 7.34. The first-order chi connectivity index (χ1) is 11.6. The molecule has 2 aliphatic rings. The Balaban J connectivity index is 1.55. The fourth-order valence-electron chi connectivity index (χ4n) is 3.62. The summed E-state index contributed by atoms with van der Waals surface area (Å²) < 4.78 is 17.2. The number of ether oxygens (including phenoxy) is 3. The van der Waals surface area contributed by atoms with E-state index in [1.807, 2.05) is 0 Å². The highest BCUT2D eigenvalue weighted by atomic mass is 16.7. The zero-order valence-corrected chi connectivity index (χ0v) is 15.4. The van der Waals surface area contributed by atoms with E-state index in [2.05, 4.69) is 6.92 Å². The number of hydrogen-bond acceptors (Lipinski definition) is 5. The van der Waals surface area contributed by atoms with Gasteiger partial charge < -0.3 is 24.4 Å². The van der Waals surface area contributed by atoms with Crippen molar-refractivity contribution in [1.29, 1.82) is 0 Å². The molecule has 2 fully saturated rings. The minimum Gasteiger partial charge on any atom is -0.388 e. The van der Waals surface area contributed by atoms with Crippen molar-refractivity contribution in [2.75, 3.05) is 6.61 Å². The molecular formula is C19H36O5. The van der Waals surface area contributed by atoms with Crippen LogP contribution < -0.4 is 0 Å². The van der Waals surface area contributed by atoms with Gasteiger partial charge in [0.05, 0.1) is 12.7 Å². The van der Waals surface area contributed by atoms with Gasteiger partial charge in [0, 0.05) is 0 Å². The fraction of sp³-hybridized carbons (Fsp3) is 1.00. The number of hydrogen-bond donors (Lipinski definition) is 2. The van der Waals surface area contributed by atoms with Crippen molar-refractivity contribution in [3.63, 3.8) is 0 Å². The molecule has 0 aliphatic carbocycles. The quantitative estimate of drug-likeness (QED) is 0.596. The van der Waals surface area contributed by atoms with Crippen LogP contribution >= 0.6 is 0 Å². The molecule has 2 heterocycles. The molecule has 0 bridgehead atoms. The zero-order chi connectivity index (χ0) is 17.4. The molecule has 3 unspecified atom stereocenters. The molecule has 2 saturated heterocycles. The van der Waals surface area contributed by atoms with Gasteiger partial charge in [-0.15, -0.1) is 0 Å². The van der Waals surface area contributed by atoms with Gasteiger partial charge in [-0.05, 0) is 19.8 Å². The highest BCUT2D eigenvalue weighted by Crippen LogP contribution is 2.29. The summed E-state index contributed by atoms with van der Waals surface area (Å²) in [5.41, 5.74) is 0. The fourth-order valence-corrected chi connectivity index (χ4v) is 3.62. The summed E-state index contributed by atoms with van der Waals surface area (Å²) in [6.07, 6.45) is 9.25. The molecule has 2 aliphatic heterocycles. The second kappa shape index (κ2) is 10.7. The van der Waals surface area contributed by atoms with Crippen LogP contribution in [0, 0.1) is 0 Å². The Labute approximate surface area is 146 Å². The monoisotopic (exact) mass is 344 g/mol. The minimum atomic E-state index is -0.895. The maximum Gasteiger partial charge on any atom is 0.158 e. The highest BCUT2D eigenvalue weighted by Gasteiger charge is 2.46. The van der Waals surface area contributed by atoms with Crippen molar-refractivity contribution in [3.8, 4) is 0 Å². The topological polar surface area (TPSA) is 68.2 Å². The van der Waals surface area contributed by atoms with Gasteiger partial charge in [-0.25, -0.2) is 0 Å². The Hall–Kier alpha value is -0.200. The van der Waals surface area contributed by atoms with E-state index in [0.717, 1.165) is 12.8 Å². The highest BCUT2D eigenvalue weighted by molar-refractivity contribution is 4.93. The zero-order valence-electron chi connectivity index (χ0n) is 15.4. The maximum absolute atomic E-state index is 10.2. The van der Waals surface area contributed by atoms with E-state index in [-0.39, 0.29) is 18.5 Å². The Kier molecular flexibility index (Phi) is 8.98. The number of aliphatic hydroxyl groups excluding tert-OH is 2. The molecular weight excluding hydrogens is 308 g/mol. The van der Waals surface area contributed by atoms with E-state index >= 15 is 0 Å². The average molecular weight is 344 g/mol. The molecule has 0 saturated carbocycles. The number of rotatable bonds is 10. The van der Waals surface area contributed by atoms with Crippen LogP contribution in [0.15, 0.2) is 0 Å². The average Bonchev–Trinajstić information content (AvgIpc) is 2.59. The lowest BCUT2D eigenvalue weighted by molar-refractivity contribution is -0.324. The molecule has 5 heteroatoms. The first kappa shape index (κ1) is 20.1. The summed E-state index contributed by atoms with van der Waals surface area (Å²) in [4.78, 5) is 0. The van der Waals surface area contributed by atoms with Crippen LogP contribution in [0.3, 0.4) is 0 Å². The molecule has 0 aromatic carbocycles. The van der Waals surface area contributed by atoms with Crippen molar-refractivity contribution < 1.29 is 24.4 Å². The first-order valence-electron chi connectivity index (χ1n) is 9.92. The van der Waals surface area contributed by atoms with E-state index in [0.29, 0.717) is 6.61 Å². The summed E-state index contributed by atoms with van der Waals surface area (Å²) in [5, 5.41) is 20.1. The van der Waals surface area contributed by atoms with Gasteiger partial charge in [-0.2, -0.15) is 0 Å². The van der Waals surface area contributed by atoms with E-state index < -0.39 is 18.3 Å². The third-order valence-electron chi connectivity index (χ3n) is 5.22. The van der Waals surface area contributed by atoms with Crippen molar-refractivity contribution in [2.24, 2.45) is 0 Å². The van der Waals surface area contributed by atoms with Gasteiger partial charge in [0.2, 0.25) is 0 Å². The molecule has 6 atom stereocenters. The van der Waals surface area contributed by atoms with Crippen LogP contribution in [0.25, 0.3) is 0 Å². The molecule has 0 aromatic rings. The molecule has 0 spiro atoms. The van der Waals surface area contributed by atoms with Gasteiger partial charge in [-0.3, -0.25) is 0 Å². The molecule has 0 aromatic heterocycles. The Bertz CT molecular complexity index is 336. The van der Waals surface area contributed by atoms with Crippen molar-refractivity contribution in [2.45, 2.75) is 115 Å². The first-order valence-corrected chi connectivity index (χ1v) is 9.92. The van der Waals surface area contributed by atoms with Gasteiger partial charge in [0.1, 0.15) is 24.4 Å². The normalized spacial score (nSPS) is 36.5. The minimum absolute atomic E-state index is 0.280. The molecule has 24 heavy (non-hydrogen) atoms. The van der Waals surface area contributed by atoms with Crippen LogP contribution in [-0.4, -0.2) is 53.6 Å². The molecule has 0 amide bonds. The second-order valence-corrected chi connectivity index (χ2v) is 7.34. The summed E-state index contributed by atoms with van der Waals surface area (Å²) in [6, 6.07) is 0. The molecule has 142 valence electrons. The van der Waals surface area contributed by atoms with Gasteiger partial charge in [0.25, 0.3) is 0 Å². The number of unbranched alkanes of at least 4 members (excludes halogenated alkanes) is 8. The Morgan fingerprint density at radius 2 is 1.46 bits per heavy atom. The van der Waals surface area contributed by atoms with Crippen molar-refractivity contribution in [1.82, 2.24) is 0 Å². The predicted octanol–water partition coefficient (Wildman–Crippen LogP) is 3.16. The molecule has 2 rings (SSSR count). The largest absolute Gasteiger partial charge is 0.388 e. The molecule has 0 radical (unpaired) electrons. The third kappa shape index (κ3) is 5.95. The van der Waals surface area contributed by atoms with E-state index in [1.165, 1.54) is 51.4 Å². The lowest BCUT2D eigenvalue weighted by Crippen LogP contribution is -2.62. The van der Waals surface area contributed by atoms with Crippen LogP contribution in [0.2, 0.25) is 0 Å². The third-order valence-corrected chi connectivity index (χ3v) is 5.22. The van der Waals surface area contributed by atoms with Crippen molar-refractivity contribution in [3.05, 3.63) is 0 Å². The smallest absolute Gasteiger partial charge is 0.158 e. The van der Waals surface area contributed by atoms with Crippen LogP contribution in [0.1, 0.15) is 78.1 Å². The standard InChI is InChI=1S/C19H36O5/c1-3-4-5-6-7-8-9-10-11-12-16-22-13-15-19(24-16)18(21)17(20)14(2)23-15/h14-21H,3-13H2,1-2H3/t14-,15?,16?,17?,18-,19-/m1/s1. The SMILES string of the molecule is CCCCCCCCCCCC1OCC2O[C@H](C)C(O)[C@@H](O)[C@@H]2O1. The lowest BCUT2D eigenvalue weighted by atomic mass is 9.95. The van der Waals surface area contributed by atoms with E-state index in [4.69, 9.17) is 14.2 Å². The summed E-state index contributed by atoms with van der Waals surface area (Å²) in [5.74, 6) is 0. The van der Waals surface area contributed by atoms with Gasteiger partial charge >= 0.3 is 0 Å². The lowest BCUT2D eigenvalue weighted by Gasteiger charge is -2.45. The molecule has 5 nitrogen and oxygen atoms in total. The molecule has 2 N–H and O–H groups in total. The summed E-state index contributed by atoms with van der Waals surface area (Å²) >= 11 is 0. The summed E-state index contributed by atoms with van der Waals surface area (Å²) in [6.45, 7) is 4.44. The summed E-state index contributed by atoms with van der Waals surface area (Å²) in [7, 11) is 0. The maximum atomic E-state index is 10.2. The Morgan fingerprint density at radius 3 is 2.12 bits per heavy atom. The van der Waals surface area contributed by atoms with Crippen LogP contribution in [0.5, 0.6) is 0 Å². The predicted molar refractivity (Wildman–Crippen MR) is 92.8 cm³/mol. The van der Waals surface area contributed by atoms with Crippen LogP contribution in [0.4, 0.5) is 0 Å². The van der Waals surface area contributed by atoms with E-state index in [9.17, 15) is 10.2 Å². The van der Waals surface area contributed by atoms with Crippen molar-refractivity contribution >= 4 is 0 Å². The number of aliphatic hydroxyl groups is 2. The van der Waals surface area contributed by atoms with Crippen LogP contribution in [-0.2, 0) is 14.2 Å². The number of fused-ring (bicyclic) bond motifs is 1. The van der Waals surface area contributed by atoms with Gasteiger partial charge in [-0.1, -0.05) is 58.3 Å². The van der Waals surface area contributed by atoms with E-state index in [1.54, 1.807) is 6.92 Å².